The molecular weight excluding hydrogens is 314 g/mol. The Labute approximate surface area is 139 Å². The summed E-state index contributed by atoms with van der Waals surface area (Å²) in [5.41, 5.74) is 12.5. The molecule has 0 aliphatic rings. The van der Waals surface area contributed by atoms with E-state index in [1.54, 1.807) is 11.3 Å². The molecule has 5 nitrogen and oxygen atoms in total. The number of anilines is 1. The predicted octanol–water partition coefficient (Wildman–Crippen LogP) is 3.64. The summed E-state index contributed by atoms with van der Waals surface area (Å²) in [6.45, 7) is 3.53. The summed E-state index contributed by atoms with van der Waals surface area (Å²) >= 11 is 3.20. The highest BCUT2D eigenvalue weighted by molar-refractivity contribution is 7.17. The number of hydrogen-bond donors (Lipinski definition) is 3. The molecule has 2 aromatic rings. The lowest BCUT2D eigenvalue weighted by molar-refractivity contribution is 0.675. The van der Waals surface area contributed by atoms with Gasteiger partial charge >= 0.3 is 0 Å². The summed E-state index contributed by atoms with van der Waals surface area (Å²) in [6.07, 6.45) is 4.77. The van der Waals surface area contributed by atoms with Crippen LogP contribution in [0.1, 0.15) is 37.5 Å². The van der Waals surface area contributed by atoms with Gasteiger partial charge in [0, 0.05) is 23.3 Å². The van der Waals surface area contributed by atoms with Crippen LogP contribution in [0.5, 0.6) is 0 Å². The normalized spacial score (nSPS) is 11.8. The second-order valence-corrected chi connectivity index (χ2v) is 6.99. The molecule has 0 radical (unpaired) electrons. The molecule has 22 heavy (non-hydrogen) atoms. The van der Waals surface area contributed by atoms with E-state index in [-0.39, 0.29) is 0 Å². The smallest absolute Gasteiger partial charge is 0.194 e. The Bertz CT molecular complexity index is 603. The Hall–Kier alpha value is -1.44. The molecule has 0 saturated carbocycles. The van der Waals surface area contributed by atoms with Gasteiger partial charge in [0.1, 0.15) is 0 Å². The third-order valence-electron chi connectivity index (χ3n) is 3.15. The zero-order valence-corrected chi connectivity index (χ0v) is 14.5. The van der Waals surface area contributed by atoms with Gasteiger partial charge in [-0.15, -0.1) is 22.7 Å². The SMILES string of the molecule is CCCCCCN=C(N)Nc1nc(-c2ccc(CN)s2)cs1. The maximum Gasteiger partial charge on any atom is 0.194 e. The number of rotatable bonds is 8. The minimum absolute atomic E-state index is 0.436. The molecule has 2 rings (SSSR count). The fourth-order valence-corrected chi connectivity index (χ4v) is 3.60. The first-order valence-corrected chi connectivity index (χ1v) is 9.24. The Balaban J connectivity index is 1.87. The lowest BCUT2D eigenvalue weighted by Crippen LogP contribution is -2.22. The Morgan fingerprint density at radius 3 is 2.91 bits per heavy atom. The number of aliphatic imine (C=N–C) groups is 1. The van der Waals surface area contributed by atoms with Gasteiger partial charge < -0.3 is 16.8 Å². The van der Waals surface area contributed by atoms with Crippen molar-refractivity contribution < 1.29 is 0 Å². The Morgan fingerprint density at radius 1 is 1.32 bits per heavy atom. The van der Waals surface area contributed by atoms with Crippen molar-refractivity contribution in [1.82, 2.24) is 4.98 Å². The van der Waals surface area contributed by atoms with Gasteiger partial charge in [-0.1, -0.05) is 26.2 Å². The van der Waals surface area contributed by atoms with Crippen molar-refractivity contribution in [3.05, 3.63) is 22.4 Å². The van der Waals surface area contributed by atoms with Crippen LogP contribution in [0.3, 0.4) is 0 Å². The first-order chi connectivity index (χ1) is 10.7. The van der Waals surface area contributed by atoms with Gasteiger partial charge in [-0.25, -0.2) is 4.98 Å². The van der Waals surface area contributed by atoms with Crippen molar-refractivity contribution in [2.75, 3.05) is 11.9 Å². The molecule has 0 aliphatic carbocycles. The lowest BCUT2D eigenvalue weighted by atomic mass is 10.2. The van der Waals surface area contributed by atoms with Gasteiger partial charge in [0.15, 0.2) is 11.1 Å². The molecule has 0 aliphatic heterocycles. The first kappa shape index (κ1) is 16.9. The number of thiophene rings is 1. The average Bonchev–Trinajstić information content (AvgIpc) is 3.15. The quantitative estimate of drug-likeness (QED) is 0.390. The number of nitrogens with two attached hydrogens (primary N) is 2. The molecule has 0 bridgehead atoms. The standard InChI is InChI=1S/C15H23N5S2/c1-2-3-4-5-8-18-14(17)20-15-19-12(10-21-15)13-7-6-11(9-16)22-13/h6-7,10H,2-5,8-9,16H2,1H3,(H3,17,18,19,20). The second kappa shape index (κ2) is 8.87. The zero-order valence-electron chi connectivity index (χ0n) is 12.8. The predicted molar refractivity (Wildman–Crippen MR) is 97.6 cm³/mol. The number of aromatic nitrogens is 1. The van der Waals surface area contributed by atoms with Crippen LogP contribution >= 0.6 is 22.7 Å². The number of nitrogens with one attached hydrogen (secondary N) is 1. The van der Waals surface area contributed by atoms with Crippen molar-refractivity contribution in [3.8, 4) is 10.6 Å². The molecular formula is C15H23N5S2. The topological polar surface area (TPSA) is 89.3 Å². The molecule has 7 heteroatoms. The summed E-state index contributed by atoms with van der Waals surface area (Å²) in [4.78, 5) is 11.2. The number of thiazole rings is 1. The van der Waals surface area contributed by atoms with Crippen LogP contribution in [0, 0.1) is 0 Å². The molecule has 120 valence electrons. The molecule has 0 fully saturated rings. The average molecular weight is 338 g/mol. The van der Waals surface area contributed by atoms with Crippen LogP contribution in [0.25, 0.3) is 10.6 Å². The molecule has 5 N–H and O–H groups in total. The Kier molecular flexibility index (Phi) is 6.82. The van der Waals surface area contributed by atoms with Crippen LogP contribution in [0.4, 0.5) is 5.13 Å². The number of hydrogen-bond acceptors (Lipinski definition) is 5. The van der Waals surface area contributed by atoms with Gasteiger partial charge in [0.25, 0.3) is 0 Å². The van der Waals surface area contributed by atoms with Gasteiger partial charge in [0.05, 0.1) is 10.6 Å². The minimum atomic E-state index is 0.436. The van der Waals surface area contributed by atoms with E-state index in [1.807, 2.05) is 11.4 Å². The minimum Gasteiger partial charge on any atom is -0.370 e. The van der Waals surface area contributed by atoms with Gasteiger partial charge in [0.2, 0.25) is 0 Å². The van der Waals surface area contributed by atoms with Crippen LogP contribution < -0.4 is 16.8 Å². The van der Waals surface area contributed by atoms with Gasteiger partial charge in [-0.2, -0.15) is 0 Å². The van der Waals surface area contributed by atoms with Crippen LogP contribution in [-0.4, -0.2) is 17.5 Å². The van der Waals surface area contributed by atoms with E-state index in [1.165, 1.54) is 30.6 Å². The number of nitrogens with zero attached hydrogens (tertiary/aromatic N) is 2. The third-order valence-corrected chi connectivity index (χ3v) is 5.04. The summed E-state index contributed by atoms with van der Waals surface area (Å²) in [7, 11) is 0. The fraction of sp³-hybridized carbons (Fsp3) is 0.467. The van der Waals surface area contributed by atoms with E-state index in [0.717, 1.165) is 33.5 Å². The largest absolute Gasteiger partial charge is 0.370 e. The van der Waals surface area contributed by atoms with E-state index in [4.69, 9.17) is 11.5 Å². The van der Waals surface area contributed by atoms with Crippen molar-refractivity contribution >= 4 is 33.8 Å². The van der Waals surface area contributed by atoms with Crippen LogP contribution in [-0.2, 0) is 6.54 Å². The second-order valence-electron chi connectivity index (χ2n) is 4.96. The van der Waals surface area contributed by atoms with Gasteiger partial charge in [-0.05, 0) is 18.6 Å². The fourth-order valence-electron chi connectivity index (χ4n) is 1.96. The van der Waals surface area contributed by atoms with E-state index in [0.29, 0.717) is 12.5 Å². The molecule has 0 aromatic carbocycles. The lowest BCUT2D eigenvalue weighted by Gasteiger charge is -2.01. The maximum absolute atomic E-state index is 5.89. The number of unbranched alkanes of at least 4 members (excludes halogenated alkanes) is 3. The highest BCUT2D eigenvalue weighted by Gasteiger charge is 2.07. The molecule has 2 aromatic heterocycles. The van der Waals surface area contributed by atoms with E-state index < -0.39 is 0 Å². The van der Waals surface area contributed by atoms with Crippen LogP contribution in [0.2, 0.25) is 0 Å². The number of guanidine groups is 1. The zero-order chi connectivity index (χ0) is 15.8. The van der Waals surface area contributed by atoms with Crippen molar-refractivity contribution in [1.29, 1.82) is 0 Å². The molecule has 0 saturated heterocycles. The highest BCUT2D eigenvalue weighted by atomic mass is 32.1. The molecule has 0 spiro atoms. The molecule has 0 amide bonds. The molecule has 2 heterocycles. The molecule has 0 unspecified atom stereocenters. The van der Waals surface area contributed by atoms with Crippen molar-refractivity contribution in [3.63, 3.8) is 0 Å². The molecule has 0 atom stereocenters. The first-order valence-electron chi connectivity index (χ1n) is 7.54. The van der Waals surface area contributed by atoms with E-state index in [9.17, 15) is 0 Å². The van der Waals surface area contributed by atoms with Gasteiger partial charge in [-0.3, -0.25) is 4.99 Å². The highest BCUT2D eigenvalue weighted by Crippen LogP contribution is 2.30. The third kappa shape index (κ3) is 5.08. The Morgan fingerprint density at radius 2 is 2.18 bits per heavy atom. The maximum atomic E-state index is 5.89. The van der Waals surface area contributed by atoms with Crippen LogP contribution in [0.15, 0.2) is 22.5 Å². The summed E-state index contributed by atoms with van der Waals surface area (Å²) < 4.78 is 0. The monoisotopic (exact) mass is 337 g/mol. The summed E-state index contributed by atoms with van der Waals surface area (Å²) in [6, 6.07) is 4.09. The van der Waals surface area contributed by atoms with Crippen molar-refractivity contribution in [2.45, 2.75) is 39.2 Å². The summed E-state index contributed by atoms with van der Waals surface area (Å²) in [5, 5.41) is 5.85. The van der Waals surface area contributed by atoms with Crippen molar-refractivity contribution in [2.24, 2.45) is 16.5 Å². The van der Waals surface area contributed by atoms with E-state index in [2.05, 4.69) is 28.3 Å². The summed E-state index contributed by atoms with van der Waals surface area (Å²) in [5.74, 6) is 0.436. The van der Waals surface area contributed by atoms with E-state index >= 15 is 0 Å².